The molecule has 1 amide bonds. The Morgan fingerprint density at radius 1 is 0.889 bits per heavy atom. The normalized spacial score (nSPS) is 15.8. The SMILES string of the molecule is O=C([C@H](Cc1ccccc1)NS(=O)(=O)c1ccc(Br)cc1)N1CCN(C/C=C/c2ccccc2)CC1. The topological polar surface area (TPSA) is 69.7 Å². The van der Waals surface area contributed by atoms with E-state index < -0.39 is 16.1 Å². The van der Waals surface area contributed by atoms with E-state index in [4.69, 9.17) is 0 Å². The molecule has 0 saturated carbocycles. The van der Waals surface area contributed by atoms with Gasteiger partial charge in [0.05, 0.1) is 4.90 Å². The molecule has 1 heterocycles. The number of rotatable bonds is 9. The second-order valence-corrected chi connectivity index (χ2v) is 11.4. The molecule has 0 unspecified atom stereocenters. The summed E-state index contributed by atoms with van der Waals surface area (Å²) in [4.78, 5) is 17.7. The number of nitrogens with one attached hydrogen (secondary N) is 1. The van der Waals surface area contributed by atoms with Gasteiger partial charge in [-0.15, -0.1) is 0 Å². The lowest BCUT2D eigenvalue weighted by Gasteiger charge is -2.36. The van der Waals surface area contributed by atoms with Gasteiger partial charge in [0.25, 0.3) is 0 Å². The number of sulfonamides is 1. The van der Waals surface area contributed by atoms with Crippen molar-refractivity contribution in [1.82, 2.24) is 14.5 Å². The maximum atomic E-state index is 13.5. The van der Waals surface area contributed by atoms with E-state index in [0.29, 0.717) is 13.1 Å². The van der Waals surface area contributed by atoms with Crippen LogP contribution >= 0.6 is 15.9 Å². The van der Waals surface area contributed by atoms with Gasteiger partial charge in [0.15, 0.2) is 0 Å². The van der Waals surface area contributed by atoms with E-state index in [-0.39, 0.29) is 17.2 Å². The minimum atomic E-state index is -3.87. The van der Waals surface area contributed by atoms with Gasteiger partial charge in [-0.3, -0.25) is 9.69 Å². The Bertz CT molecular complexity index is 1260. The van der Waals surface area contributed by atoms with Gasteiger partial charge in [0.1, 0.15) is 6.04 Å². The minimum Gasteiger partial charge on any atom is -0.339 e. The molecule has 1 atom stereocenters. The molecule has 0 radical (unpaired) electrons. The number of hydrogen-bond acceptors (Lipinski definition) is 4. The predicted molar refractivity (Wildman–Crippen MR) is 147 cm³/mol. The first-order valence-electron chi connectivity index (χ1n) is 12.0. The standard InChI is InChI=1S/C28H30BrN3O3S/c29-25-13-15-26(16-14-25)36(34,35)30-27(22-24-10-5-2-6-11-24)28(33)32-20-18-31(19-21-32)17-7-12-23-8-3-1-4-9-23/h1-16,27,30H,17-22H2/b12-7+/t27-/m0/s1. The predicted octanol–water partition coefficient (Wildman–Crippen LogP) is 4.20. The third kappa shape index (κ3) is 7.36. The number of benzene rings is 3. The molecule has 6 nitrogen and oxygen atoms in total. The Morgan fingerprint density at radius 2 is 1.50 bits per heavy atom. The van der Waals surface area contributed by atoms with Crippen molar-refractivity contribution in [3.05, 3.63) is 107 Å². The van der Waals surface area contributed by atoms with Crippen molar-refractivity contribution < 1.29 is 13.2 Å². The summed E-state index contributed by atoms with van der Waals surface area (Å²) in [6.07, 6.45) is 4.52. The number of amides is 1. The molecular formula is C28H30BrN3O3S. The molecule has 1 N–H and O–H groups in total. The van der Waals surface area contributed by atoms with E-state index >= 15 is 0 Å². The van der Waals surface area contributed by atoms with Crippen LogP contribution in [0.5, 0.6) is 0 Å². The van der Waals surface area contributed by atoms with Crippen molar-refractivity contribution >= 4 is 37.9 Å². The summed E-state index contributed by atoms with van der Waals surface area (Å²) in [7, 11) is -3.87. The average molecular weight is 569 g/mol. The first-order valence-corrected chi connectivity index (χ1v) is 14.2. The molecule has 1 fully saturated rings. The van der Waals surface area contributed by atoms with Gasteiger partial charge in [-0.05, 0) is 41.8 Å². The summed E-state index contributed by atoms with van der Waals surface area (Å²) in [5.41, 5.74) is 2.06. The van der Waals surface area contributed by atoms with E-state index in [1.54, 1.807) is 17.0 Å². The Kier molecular flexibility index (Phi) is 9.09. The zero-order valence-corrected chi connectivity index (χ0v) is 22.4. The quantitative estimate of drug-likeness (QED) is 0.421. The largest absolute Gasteiger partial charge is 0.339 e. The molecule has 3 aromatic rings. The molecule has 1 saturated heterocycles. The van der Waals surface area contributed by atoms with Crippen molar-refractivity contribution in [1.29, 1.82) is 0 Å². The van der Waals surface area contributed by atoms with Crippen LogP contribution in [0.4, 0.5) is 0 Å². The number of piperazine rings is 1. The molecule has 3 aromatic carbocycles. The molecule has 0 aliphatic carbocycles. The molecule has 188 valence electrons. The van der Waals surface area contributed by atoms with Crippen LogP contribution < -0.4 is 4.72 Å². The van der Waals surface area contributed by atoms with E-state index in [1.807, 2.05) is 48.5 Å². The molecule has 1 aliphatic rings. The highest BCUT2D eigenvalue weighted by molar-refractivity contribution is 9.10. The highest BCUT2D eigenvalue weighted by Gasteiger charge is 2.31. The summed E-state index contributed by atoms with van der Waals surface area (Å²) < 4.78 is 29.7. The van der Waals surface area contributed by atoms with Crippen LogP contribution in [0.1, 0.15) is 11.1 Å². The molecule has 36 heavy (non-hydrogen) atoms. The zero-order valence-electron chi connectivity index (χ0n) is 20.0. The number of carbonyl (C=O) groups excluding carboxylic acids is 1. The van der Waals surface area contributed by atoms with Crippen molar-refractivity contribution in [3.63, 3.8) is 0 Å². The molecule has 4 rings (SSSR count). The van der Waals surface area contributed by atoms with E-state index in [2.05, 4.69) is 49.8 Å². The van der Waals surface area contributed by atoms with E-state index in [0.717, 1.165) is 35.2 Å². The average Bonchev–Trinajstić information content (AvgIpc) is 2.90. The van der Waals surface area contributed by atoms with Gasteiger partial charge < -0.3 is 4.90 Å². The van der Waals surface area contributed by atoms with Crippen LogP contribution in [0.25, 0.3) is 6.08 Å². The van der Waals surface area contributed by atoms with E-state index in [1.165, 1.54) is 12.1 Å². The maximum Gasteiger partial charge on any atom is 0.241 e. The monoisotopic (exact) mass is 567 g/mol. The third-order valence-electron chi connectivity index (χ3n) is 6.16. The smallest absolute Gasteiger partial charge is 0.241 e. The highest BCUT2D eigenvalue weighted by Crippen LogP contribution is 2.17. The summed E-state index contributed by atoms with van der Waals surface area (Å²) >= 11 is 3.33. The Morgan fingerprint density at radius 3 is 2.14 bits per heavy atom. The van der Waals surface area contributed by atoms with Crippen molar-refractivity contribution in [2.45, 2.75) is 17.4 Å². The van der Waals surface area contributed by atoms with Crippen LogP contribution in [0.2, 0.25) is 0 Å². The summed E-state index contributed by atoms with van der Waals surface area (Å²) in [6, 6.07) is 25.2. The molecule has 8 heteroatoms. The fourth-order valence-corrected chi connectivity index (χ4v) is 5.63. The minimum absolute atomic E-state index is 0.131. The fourth-order valence-electron chi connectivity index (χ4n) is 4.17. The lowest BCUT2D eigenvalue weighted by Crippen LogP contribution is -2.55. The number of hydrogen-bond donors (Lipinski definition) is 1. The van der Waals surface area contributed by atoms with Gasteiger partial charge in [-0.2, -0.15) is 4.72 Å². The molecule has 1 aliphatic heterocycles. The second kappa shape index (κ2) is 12.5. The molecule has 0 bridgehead atoms. The van der Waals surface area contributed by atoms with Gasteiger partial charge in [0, 0.05) is 37.2 Å². The lowest BCUT2D eigenvalue weighted by atomic mass is 10.1. The van der Waals surface area contributed by atoms with Crippen LogP contribution in [0.15, 0.2) is 100 Å². The first-order chi connectivity index (χ1) is 17.4. The number of carbonyl (C=O) groups is 1. The van der Waals surface area contributed by atoms with Crippen molar-refractivity contribution in [2.75, 3.05) is 32.7 Å². The number of nitrogens with zero attached hydrogens (tertiary/aromatic N) is 2. The van der Waals surface area contributed by atoms with Crippen molar-refractivity contribution in [2.24, 2.45) is 0 Å². The summed E-state index contributed by atoms with van der Waals surface area (Å²) in [6.45, 7) is 3.40. The summed E-state index contributed by atoms with van der Waals surface area (Å²) in [5, 5.41) is 0. The van der Waals surface area contributed by atoms with Gasteiger partial charge in [0.2, 0.25) is 15.9 Å². The fraction of sp³-hybridized carbons (Fsp3) is 0.250. The molecule has 0 aromatic heterocycles. The molecule has 0 spiro atoms. The zero-order chi connectivity index (χ0) is 25.4. The number of halogens is 1. The Labute approximate surface area is 221 Å². The highest BCUT2D eigenvalue weighted by atomic mass is 79.9. The van der Waals surface area contributed by atoms with E-state index in [9.17, 15) is 13.2 Å². The Balaban J connectivity index is 1.41. The van der Waals surface area contributed by atoms with Gasteiger partial charge in [-0.25, -0.2) is 8.42 Å². The summed E-state index contributed by atoms with van der Waals surface area (Å²) in [5.74, 6) is -0.195. The van der Waals surface area contributed by atoms with Crippen LogP contribution in [0, 0.1) is 0 Å². The molecular weight excluding hydrogens is 538 g/mol. The van der Waals surface area contributed by atoms with Gasteiger partial charge in [-0.1, -0.05) is 88.7 Å². The maximum absolute atomic E-state index is 13.5. The van der Waals surface area contributed by atoms with Crippen LogP contribution in [-0.2, 0) is 21.2 Å². The third-order valence-corrected chi connectivity index (χ3v) is 8.18. The van der Waals surface area contributed by atoms with Crippen LogP contribution in [0.3, 0.4) is 0 Å². The van der Waals surface area contributed by atoms with Crippen molar-refractivity contribution in [3.8, 4) is 0 Å². The first kappa shape index (κ1) is 26.3. The van der Waals surface area contributed by atoms with Gasteiger partial charge >= 0.3 is 0 Å². The van der Waals surface area contributed by atoms with Crippen LogP contribution in [-0.4, -0.2) is 62.9 Å². The second-order valence-electron chi connectivity index (χ2n) is 8.76. The Hall–Kier alpha value is -2.78. The lowest BCUT2D eigenvalue weighted by molar-refractivity contribution is -0.134.